The van der Waals surface area contributed by atoms with Crippen LogP contribution in [0.1, 0.15) is 37.7 Å². The van der Waals surface area contributed by atoms with E-state index < -0.39 is 5.60 Å². The van der Waals surface area contributed by atoms with Gasteiger partial charge in [0, 0.05) is 0 Å². The molecule has 0 radical (unpaired) electrons. The Morgan fingerprint density at radius 3 is 2.56 bits per heavy atom. The van der Waals surface area contributed by atoms with Gasteiger partial charge in [-0.05, 0) is 30.5 Å². The van der Waals surface area contributed by atoms with Crippen LogP contribution in [0, 0.1) is 0 Å². The Morgan fingerprint density at radius 2 is 1.94 bits per heavy atom. The van der Waals surface area contributed by atoms with E-state index in [-0.39, 0.29) is 0 Å². The minimum Gasteiger partial charge on any atom is -0.495 e. The van der Waals surface area contributed by atoms with Gasteiger partial charge >= 0.3 is 0 Å². The molecule has 3 heteroatoms. The molecule has 0 aromatic heterocycles. The van der Waals surface area contributed by atoms with Crippen LogP contribution in [-0.4, -0.2) is 12.2 Å². The van der Waals surface area contributed by atoms with Gasteiger partial charge in [-0.15, -0.1) is 0 Å². The standard InChI is InChI=1S/C13H17ClO2/c1-16-12-9-10(5-6-11(12)14)13(15)7-3-2-4-8-13/h5-6,9,15H,2-4,7-8H2,1H3. The average Bonchev–Trinajstić information content (AvgIpc) is 2.30. The van der Waals surface area contributed by atoms with Crippen molar-refractivity contribution in [3.05, 3.63) is 28.8 Å². The van der Waals surface area contributed by atoms with Crippen LogP contribution in [0.4, 0.5) is 0 Å². The monoisotopic (exact) mass is 240 g/mol. The quantitative estimate of drug-likeness (QED) is 0.858. The van der Waals surface area contributed by atoms with E-state index in [1.165, 1.54) is 6.42 Å². The third-order valence-electron chi connectivity index (χ3n) is 3.37. The van der Waals surface area contributed by atoms with Crippen LogP contribution in [0.15, 0.2) is 18.2 Å². The maximum Gasteiger partial charge on any atom is 0.137 e. The first-order chi connectivity index (χ1) is 7.65. The largest absolute Gasteiger partial charge is 0.495 e. The molecule has 0 spiro atoms. The molecule has 0 bridgehead atoms. The molecule has 0 amide bonds. The van der Waals surface area contributed by atoms with E-state index in [2.05, 4.69) is 0 Å². The van der Waals surface area contributed by atoms with Crippen LogP contribution < -0.4 is 4.74 Å². The fourth-order valence-corrected chi connectivity index (χ4v) is 2.57. The molecule has 2 rings (SSSR count). The molecule has 0 aliphatic heterocycles. The summed E-state index contributed by atoms with van der Waals surface area (Å²) in [7, 11) is 1.59. The average molecular weight is 241 g/mol. The third kappa shape index (κ3) is 2.18. The van der Waals surface area contributed by atoms with Crippen molar-refractivity contribution in [2.45, 2.75) is 37.7 Å². The summed E-state index contributed by atoms with van der Waals surface area (Å²) in [4.78, 5) is 0. The van der Waals surface area contributed by atoms with E-state index in [4.69, 9.17) is 16.3 Å². The lowest BCUT2D eigenvalue weighted by Gasteiger charge is -2.32. The number of aliphatic hydroxyl groups is 1. The molecule has 1 aliphatic carbocycles. The molecule has 1 aromatic carbocycles. The molecular formula is C13H17ClO2. The molecule has 0 saturated heterocycles. The molecule has 88 valence electrons. The van der Waals surface area contributed by atoms with Crippen LogP contribution in [0.2, 0.25) is 5.02 Å². The van der Waals surface area contributed by atoms with Gasteiger partial charge in [-0.3, -0.25) is 0 Å². The summed E-state index contributed by atoms with van der Waals surface area (Å²) in [6.45, 7) is 0. The van der Waals surface area contributed by atoms with Gasteiger partial charge in [-0.2, -0.15) is 0 Å². The summed E-state index contributed by atoms with van der Waals surface area (Å²) in [5.41, 5.74) is 0.240. The van der Waals surface area contributed by atoms with Crippen molar-refractivity contribution >= 4 is 11.6 Å². The van der Waals surface area contributed by atoms with Gasteiger partial charge in [0.05, 0.1) is 17.7 Å². The van der Waals surface area contributed by atoms with E-state index in [9.17, 15) is 5.11 Å². The third-order valence-corrected chi connectivity index (χ3v) is 3.68. The molecule has 16 heavy (non-hydrogen) atoms. The van der Waals surface area contributed by atoms with Crippen molar-refractivity contribution < 1.29 is 9.84 Å². The number of rotatable bonds is 2. The minimum atomic E-state index is -0.684. The number of hydrogen-bond donors (Lipinski definition) is 1. The van der Waals surface area contributed by atoms with Gasteiger partial charge < -0.3 is 9.84 Å². The first-order valence-corrected chi connectivity index (χ1v) is 6.10. The van der Waals surface area contributed by atoms with Crippen LogP contribution in [0.5, 0.6) is 5.75 Å². The minimum absolute atomic E-state index is 0.589. The number of methoxy groups -OCH3 is 1. The molecular weight excluding hydrogens is 224 g/mol. The Labute approximate surface area is 101 Å². The van der Waals surface area contributed by atoms with Crippen LogP contribution in [0.3, 0.4) is 0 Å². The second-order valence-corrected chi connectivity index (χ2v) is 4.85. The second kappa shape index (κ2) is 4.64. The first-order valence-electron chi connectivity index (χ1n) is 5.72. The molecule has 1 aliphatic rings. The van der Waals surface area contributed by atoms with E-state index in [1.807, 2.05) is 12.1 Å². The van der Waals surface area contributed by atoms with Gasteiger partial charge in [-0.25, -0.2) is 0 Å². The van der Waals surface area contributed by atoms with Gasteiger partial charge in [-0.1, -0.05) is 36.9 Å². The fourth-order valence-electron chi connectivity index (χ4n) is 2.37. The summed E-state index contributed by atoms with van der Waals surface area (Å²) in [6.07, 6.45) is 5.05. The Kier molecular flexibility index (Phi) is 3.41. The zero-order valence-electron chi connectivity index (χ0n) is 9.50. The zero-order valence-corrected chi connectivity index (χ0v) is 10.3. The van der Waals surface area contributed by atoms with Crippen molar-refractivity contribution in [3.8, 4) is 5.75 Å². The lowest BCUT2D eigenvalue weighted by Crippen LogP contribution is -2.28. The lowest BCUT2D eigenvalue weighted by atomic mass is 9.80. The van der Waals surface area contributed by atoms with Crippen LogP contribution in [0.25, 0.3) is 0 Å². The van der Waals surface area contributed by atoms with E-state index >= 15 is 0 Å². The summed E-state index contributed by atoms with van der Waals surface area (Å²) in [5, 5.41) is 11.1. The van der Waals surface area contributed by atoms with Crippen molar-refractivity contribution in [2.75, 3.05) is 7.11 Å². The summed E-state index contributed by atoms with van der Waals surface area (Å²) in [5.74, 6) is 0.637. The Bertz CT molecular complexity index is 370. The highest BCUT2D eigenvalue weighted by molar-refractivity contribution is 6.32. The Balaban J connectivity index is 2.32. The van der Waals surface area contributed by atoms with E-state index in [0.29, 0.717) is 10.8 Å². The van der Waals surface area contributed by atoms with E-state index in [0.717, 1.165) is 31.2 Å². The SMILES string of the molecule is COc1cc(C2(O)CCCCC2)ccc1Cl. The van der Waals surface area contributed by atoms with Gasteiger partial charge in [0.2, 0.25) is 0 Å². The number of ether oxygens (including phenoxy) is 1. The van der Waals surface area contributed by atoms with Gasteiger partial charge in [0.1, 0.15) is 5.75 Å². The summed E-state index contributed by atoms with van der Waals surface area (Å²) >= 11 is 5.97. The number of hydrogen-bond acceptors (Lipinski definition) is 2. The predicted molar refractivity (Wildman–Crippen MR) is 65.0 cm³/mol. The zero-order chi connectivity index (χ0) is 11.6. The Morgan fingerprint density at radius 1 is 1.25 bits per heavy atom. The highest BCUT2D eigenvalue weighted by atomic mass is 35.5. The molecule has 0 heterocycles. The molecule has 2 nitrogen and oxygen atoms in total. The van der Waals surface area contributed by atoms with Crippen molar-refractivity contribution in [3.63, 3.8) is 0 Å². The smallest absolute Gasteiger partial charge is 0.137 e. The normalized spacial score (nSPS) is 19.4. The number of halogens is 1. The van der Waals surface area contributed by atoms with Gasteiger partial charge in [0.15, 0.2) is 0 Å². The highest BCUT2D eigenvalue weighted by Gasteiger charge is 2.31. The molecule has 0 unspecified atom stereocenters. The van der Waals surface area contributed by atoms with Gasteiger partial charge in [0.25, 0.3) is 0 Å². The van der Waals surface area contributed by atoms with Crippen molar-refractivity contribution in [2.24, 2.45) is 0 Å². The first kappa shape index (κ1) is 11.7. The second-order valence-electron chi connectivity index (χ2n) is 4.44. The van der Waals surface area contributed by atoms with Crippen molar-refractivity contribution in [1.29, 1.82) is 0 Å². The molecule has 1 fully saturated rings. The van der Waals surface area contributed by atoms with E-state index in [1.54, 1.807) is 13.2 Å². The Hall–Kier alpha value is -0.730. The highest BCUT2D eigenvalue weighted by Crippen LogP contribution is 2.39. The molecule has 1 N–H and O–H groups in total. The van der Waals surface area contributed by atoms with Crippen LogP contribution in [-0.2, 0) is 5.60 Å². The molecule has 1 saturated carbocycles. The molecule has 1 aromatic rings. The maximum absolute atomic E-state index is 10.6. The van der Waals surface area contributed by atoms with Crippen molar-refractivity contribution in [1.82, 2.24) is 0 Å². The summed E-state index contributed by atoms with van der Waals surface area (Å²) < 4.78 is 5.18. The van der Waals surface area contributed by atoms with Crippen LogP contribution >= 0.6 is 11.6 Å². The topological polar surface area (TPSA) is 29.5 Å². The number of benzene rings is 1. The summed E-state index contributed by atoms with van der Waals surface area (Å²) in [6, 6.07) is 5.55. The maximum atomic E-state index is 10.6. The lowest BCUT2D eigenvalue weighted by molar-refractivity contribution is -0.000784. The molecule has 0 atom stereocenters. The predicted octanol–water partition coefficient (Wildman–Crippen LogP) is 3.50. The fraction of sp³-hybridized carbons (Fsp3) is 0.538.